The molecule has 1 aromatic rings. The number of alkyl carbamates (subject to hydrolysis) is 1. The number of rotatable bonds is 3. The summed E-state index contributed by atoms with van der Waals surface area (Å²) in [5.41, 5.74) is 0.181. The van der Waals surface area contributed by atoms with Crippen LogP contribution in [-0.2, 0) is 20.9 Å². The van der Waals surface area contributed by atoms with Gasteiger partial charge < -0.3 is 14.8 Å². The molecule has 1 aliphatic heterocycles. The Bertz CT molecular complexity index is 609. The first-order valence-corrected chi connectivity index (χ1v) is 7.78. The Hall–Kier alpha value is -2.57. The minimum absolute atomic E-state index is 0.0909. The molecular formula is C17H22N2O5. The van der Waals surface area contributed by atoms with Crippen LogP contribution in [0, 0.1) is 0 Å². The first-order chi connectivity index (χ1) is 11.3. The van der Waals surface area contributed by atoms with Gasteiger partial charge in [0.25, 0.3) is 5.91 Å². The largest absolute Gasteiger partial charge is 0.444 e. The Kier molecular flexibility index (Phi) is 5.43. The molecular weight excluding hydrogens is 312 g/mol. The highest BCUT2D eigenvalue weighted by atomic mass is 16.6. The van der Waals surface area contributed by atoms with Gasteiger partial charge in [-0.3, -0.25) is 4.79 Å². The van der Waals surface area contributed by atoms with E-state index in [1.165, 1.54) is 0 Å². The van der Waals surface area contributed by atoms with E-state index in [-0.39, 0.29) is 13.2 Å². The average Bonchev–Trinajstić information content (AvgIpc) is 2.85. The summed E-state index contributed by atoms with van der Waals surface area (Å²) in [6, 6.07) is 8.42. The van der Waals surface area contributed by atoms with E-state index in [4.69, 9.17) is 9.47 Å². The molecule has 7 heteroatoms. The molecule has 0 aromatic heterocycles. The molecule has 0 bridgehead atoms. The molecule has 1 fully saturated rings. The van der Waals surface area contributed by atoms with Crippen LogP contribution >= 0.6 is 0 Å². The molecule has 1 saturated heterocycles. The van der Waals surface area contributed by atoms with E-state index < -0.39 is 29.7 Å². The zero-order valence-electron chi connectivity index (χ0n) is 14.1. The number of likely N-dealkylation sites (tertiary alicyclic amines) is 1. The number of benzene rings is 1. The number of ether oxygens (including phenoxy) is 2. The lowest BCUT2D eigenvalue weighted by molar-refractivity contribution is -0.128. The van der Waals surface area contributed by atoms with Crippen LogP contribution in [0.25, 0.3) is 0 Å². The van der Waals surface area contributed by atoms with E-state index in [1.54, 1.807) is 20.8 Å². The van der Waals surface area contributed by atoms with Crippen LogP contribution in [0.2, 0.25) is 0 Å². The summed E-state index contributed by atoms with van der Waals surface area (Å²) in [6.07, 6.45) is -1.06. The zero-order valence-corrected chi connectivity index (χ0v) is 14.1. The zero-order chi connectivity index (χ0) is 17.7. The number of nitrogens with one attached hydrogen (secondary N) is 1. The second kappa shape index (κ2) is 7.33. The lowest BCUT2D eigenvalue weighted by atomic mass is 10.2. The van der Waals surface area contributed by atoms with E-state index in [1.807, 2.05) is 30.3 Å². The summed E-state index contributed by atoms with van der Waals surface area (Å²) in [4.78, 5) is 37.0. The molecule has 0 saturated carbocycles. The Labute approximate surface area is 140 Å². The van der Waals surface area contributed by atoms with Gasteiger partial charge in [-0.1, -0.05) is 30.3 Å². The molecule has 3 amide bonds. The van der Waals surface area contributed by atoms with Crippen molar-refractivity contribution in [2.75, 3.05) is 6.54 Å². The SMILES string of the molecule is CC(C)(C)OC(=O)N[C@H]1CCN(C(=O)OCc2ccccc2)C1=O. The highest BCUT2D eigenvalue weighted by Gasteiger charge is 2.38. The van der Waals surface area contributed by atoms with Gasteiger partial charge >= 0.3 is 12.2 Å². The molecule has 1 aliphatic rings. The highest BCUT2D eigenvalue weighted by molar-refractivity contribution is 5.98. The Morgan fingerprint density at radius 1 is 1.25 bits per heavy atom. The average molecular weight is 334 g/mol. The summed E-state index contributed by atoms with van der Waals surface area (Å²) >= 11 is 0. The Balaban J connectivity index is 1.84. The molecule has 0 spiro atoms. The molecule has 1 N–H and O–H groups in total. The summed E-state index contributed by atoms with van der Waals surface area (Å²) in [5, 5.41) is 2.48. The van der Waals surface area contributed by atoms with Crippen LogP contribution in [-0.4, -0.2) is 41.2 Å². The van der Waals surface area contributed by atoms with Crippen LogP contribution in [0.15, 0.2) is 30.3 Å². The predicted molar refractivity (Wildman–Crippen MR) is 86.1 cm³/mol. The third-order valence-electron chi connectivity index (χ3n) is 3.32. The van der Waals surface area contributed by atoms with Gasteiger partial charge in [-0.2, -0.15) is 0 Å². The number of imide groups is 1. The van der Waals surface area contributed by atoms with Gasteiger partial charge in [0.05, 0.1) is 0 Å². The topological polar surface area (TPSA) is 84.9 Å². The minimum atomic E-state index is -0.774. The van der Waals surface area contributed by atoms with Crippen LogP contribution in [0.4, 0.5) is 9.59 Å². The number of hydrogen-bond acceptors (Lipinski definition) is 5. The van der Waals surface area contributed by atoms with E-state index in [2.05, 4.69) is 5.32 Å². The third-order valence-corrected chi connectivity index (χ3v) is 3.32. The summed E-state index contributed by atoms with van der Waals surface area (Å²) < 4.78 is 10.3. The predicted octanol–water partition coefficient (Wildman–Crippen LogP) is 2.45. The smallest absolute Gasteiger partial charge is 0.416 e. The van der Waals surface area contributed by atoms with Crippen molar-refractivity contribution in [1.29, 1.82) is 0 Å². The number of nitrogens with zero attached hydrogens (tertiary/aromatic N) is 1. The van der Waals surface area contributed by atoms with E-state index in [0.717, 1.165) is 10.5 Å². The number of carbonyl (C=O) groups is 3. The fraction of sp³-hybridized carbons (Fsp3) is 0.471. The Morgan fingerprint density at radius 2 is 1.92 bits per heavy atom. The van der Waals surface area contributed by atoms with Crippen molar-refractivity contribution in [3.63, 3.8) is 0 Å². The van der Waals surface area contributed by atoms with Crippen molar-refractivity contribution in [2.45, 2.75) is 45.4 Å². The fourth-order valence-electron chi connectivity index (χ4n) is 2.24. The van der Waals surface area contributed by atoms with Crippen molar-refractivity contribution in [3.8, 4) is 0 Å². The normalized spacial score (nSPS) is 17.5. The number of carbonyl (C=O) groups excluding carboxylic acids is 3. The third kappa shape index (κ3) is 4.97. The van der Waals surface area contributed by atoms with Gasteiger partial charge in [0, 0.05) is 6.54 Å². The second-order valence-electron chi connectivity index (χ2n) is 6.52. The molecule has 1 heterocycles. The molecule has 2 rings (SSSR count). The van der Waals surface area contributed by atoms with Crippen molar-refractivity contribution >= 4 is 18.1 Å². The maximum Gasteiger partial charge on any atom is 0.416 e. The van der Waals surface area contributed by atoms with Crippen LogP contribution < -0.4 is 5.32 Å². The van der Waals surface area contributed by atoms with Crippen LogP contribution in [0.1, 0.15) is 32.8 Å². The lowest BCUT2D eigenvalue weighted by Gasteiger charge is -2.21. The standard InChI is InChI=1S/C17H22N2O5/c1-17(2,3)24-15(21)18-13-9-10-19(14(13)20)16(22)23-11-12-7-5-4-6-8-12/h4-8,13H,9-11H2,1-3H3,(H,18,21)/t13-/m0/s1. The molecule has 1 atom stereocenters. The number of amides is 3. The van der Waals surface area contributed by atoms with Crippen LogP contribution in [0.5, 0.6) is 0 Å². The maximum atomic E-state index is 12.2. The van der Waals surface area contributed by atoms with Crippen molar-refractivity contribution in [1.82, 2.24) is 10.2 Å². The van der Waals surface area contributed by atoms with Crippen molar-refractivity contribution in [2.24, 2.45) is 0 Å². The summed E-state index contributed by atoms with van der Waals surface area (Å²) in [6.45, 7) is 5.49. The molecule has 130 valence electrons. The highest BCUT2D eigenvalue weighted by Crippen LogP contribution is 2.15. The first kappa shape index (κ1) is 17.8. The van der Waals surface area contributed by atoms with Crippen molar-refractivity contribution in [3.05, 3.63) is 35.9 Å². The van der Waals surface area contributed by atoms with E-state index >= 15 is 0 Å². The van der Waals surface area contributed by atoms with Gasteiger partial charge in [-0.15, -0.1) is 0 Å². The fourth-order valence-corrected chi connectivity index (χ4v) is 2.24. The van der Waals surface area contributed by atoms with Gasteiger partial charge in [-0.05, 0) is 32.8 Å². The molecule has 0 radical (unpaired) electrons. The minimum Gasteiger partial charge on any atom is -0.444 e. The second-order valence-corrected chi connectivity index (χ2v) is 6.52. The van der Waals surface area contributed by atoms with Gasteiger partial charge in [0.2, 0.25) is 0 Å². The van der Waals surface area contributed by atoms with Crippen molar-refractivity contribution < 1.29 is 23.9 Å². The molecule has 24 heavy (non-hydrogen) atoms. The quantitative estimate of drug-likeness (QED) is 0.918. The van der Waals surface area contributed by atoms with Gasteiger partial charge in [0.1, 0.15) is 18.2 Å². The Morgan fingerprint density at radius 3 is 2.54 bits per heavy atom. The van der Waals surface area contributed by atoms with E-state index in [0.29, 0.717) is 6.42 Å². The van der Waals surface area contributed by atoms with Crippen LogP contribution in [0.3, 0.4) is 0 Å². The maximum absolute atomic E-state index is 12.2. The first-order valence-electron chi connectivity index (χ1n) is 7.78. The monoisotopic (exact) mass is 334 g/mol. The van der Waals surface area contributed by atoms with Gasteiger partial charge in [0.15, 0.2) is 0 Å². The molecule has 1 aromatic carbocycles. The summed E-state index contributed by atoms with van der Waals surface area (Å²) in [5.74, 6) is -0.487. The lowest BCUT2D eigenvalue weighted by Crippen LogP contribution is -2.45. The van der Waals surface area contributed by atoms with Gasteiger partial charge in [-0.25, -0.2) is 14.5 Å². The molecule has 0 aliphatic carbocycles. The molecule has 0 unspecified atom stereocenters. The van der Waals surface area contributed by atoms with E-state index in [9.17, 15) is 14.4 Å². The summed E-state index contributed by atoms with van der Waals surface area (Å²) in [7, 11) is 0. The number of hydrogen-bond donors (Lipinski definition) is 1. The molecule has 7 nitrogen and oxygen atoms in total.